The average Bonchev–Trinajstić information content (AvgIpc) is 2.78. The quantitative estimate of drug-likeness (QED) is 0.501. The largest absolute Gasteiger partial charge is 0.495 e. The zero-order chi connectivity index (χ0) is 25.5. The molecule has 0 radical (unpaired) electrons. The Morgan fingerprint density at radius 3 is 2.47 bits per heavy atom. The number of sulfonamides is 1. The first-order valence-electron chi connectivity index (χ1n) is 10.9. The Bertz CT molecular complexity index is 1120. The average molecular weight is 510 g/mol. The molecular weight excluding hydrogens is 478 g/mol. The first-order valence-corrected chi connectivity index (χ1v) is 13.1. The van der Waals surface area contributed by atoms with E-state index < -0.39 is 28.5 Å². The zero-order valence-electron chi connectivity index (χ0n) is 20.2. The van der Waals surface area contributed by atoms with Crippen LogP contribution in [0, 0.1) is 6.92 Å². The van der Waals surface area contributed by atoms with Crippen molar-refractivity contribution in [1.29, 1.82) is 0 Å². The highest BCUT2D eigenvalue weighted by molar-refractivity contribution is 7.92. The van der Waals surface area contributed by atoms with E-state index in [1.54, 1.807) is 13.0 Å². The maximum Gasteiger partial charge on any atom is 0.244 e. The van der Waals surface area contributed by atoms with Gasteiger partial charge in [0.2, 0.25) is 21.8 Å². The Labute approximate surface area is 206 Å². The predicted octanol–water partition coefficient (Wildman–Crippen LogP) is 3.37. The van der Waals surface area contributed by atoms with Gasteiger partial charge in [-0.25, -0.2) is 8.42 Å². The van der Waals surface area contributed by atoms with Crippen molar-refractivity contribution < 1.29 is 22.7 Å². The van der Waals surface area contributed by atoms with Crippen LogP contribution < -0.4 is 14.4 Å². The van der Waals surface area contributed by atoms with Gasteiger partial charge in [-0.1, -0.05) is 48.4 Å². The third-order valence-electron chi connectivity index (χ3n) is 5.24. The molecule has 186 valence electrons. The van der Waals surface area contributed by atoms with Crippen LogP contribution >= 0.6 is 11.6 Å². The number of aryl methyl sites for hydroxylation is 1. The highest BCUT2D eigenvalue weighted by Crippen LogP contribution is 2.33. The van der Waals surface area contributed by atoms with Gasteiger partial charge in [0.1, 0.15) is 18.3 Å². The molecule has 0 spiro atoms. The molecule has 2 aromatic rings. The summed E-state index contributed by atoms with van der Waals surface area (Å²) in [4.78, 5) is 27.6. The second-order valence-electron chi connectivity index (χ2n) is 8.06. The summed E-state index contributed by atoms with van der Waals surface area (Å²) >= 11 is 6.10. The number of methoxy groups -OCH3 is 1. The summed E-state index contributed by atoms with van der Waals surface area (Å²) in [5.74, 6) is -0.594. The molecule has 34 heavy (non-hydrogen) atoms. The Morgan fingerprint density at radius 2 is 1.88 bits per heavy atom. The van der Waals surface area contributed by atoms with Gasteiger partial charge in [-0.2, -0.15) is 0 Å². The van der Waals surface area contributed by atoms with Crippen molar-refractivity contribution in [2.75, 3.05) is 30.8 Å². The van der Waals surface area contributed by atoms with E-state index in [1.165, 1.54) is 24.1 Å². The lowest BCUT2D eigenvalue weighted by molar-refractivity contribution is -0.139. The number of rotatable bonds is 11. The molecule has 0 aromatic heterocycles. The highest BCUT2D eigenvalue weighted by atomic mass is 35.5. The van der Waals surface area contributed by atoms with Crippen LogP contribution in [-0.2, 0) is 26.2 Å². The zero-order valence-corrected chi connectivity index (χ0v) is 21.7. The summed E-state index contributed by atoms with van der Waals surface area (Å²) in [6, 6.07) is 11.3. The van der Waals surface area contributed by atoms with Gasteiger partial charge in [-0.3, -0.25) is 13.9 Å². The summed E-state index contributed by atoms with van der Waals surface area (Å²) in [6.07, 6.45) is 1.75. The van der Waals surface area contributed by atoms with E-state index in [1.807, 2.05) is 38.1 Å². The minimum atomic E-state index is -3.89. The van der Waals surface area contributed by atoms with Gasteiger partial charge < -0.3 is 15.0 Å². The van der Waals surface area contributed by atoms with Crippen LogP contribution in [-0.4, -0.2) is 57.6 Å². The first kappa shape index (κ1) is 27.5. The number of hydrogen-bond acceptors (Lipinski definition) is 5. The van der Waals surface area contributed by atoms with Crippen molar-refractivity contribution in [1.82, 2.24) is 10.2 Å². The minimum absolute atomic E-state index is 0.143. The topological polar surface area (TPSA) is 96.0 Å². The van der Waals surface area contributed by atoms with E-state index >= 15 is 0 Å². The molecule has 0 bridgehead atoms. The Kier molecular flexibility index (Phi) is 9.76. The third kappa shape index (κ3) is 7.36. The van der Waals surface area contributed by atoms with Crippen LogP contribution in [0.15, 0.2) is 42.5 Å². The minimum Gasteiger partial charge on any atom is -0.495 e. The number of nitrogens with one attached hydrogen (secondary N) is 1. The van der Waals surface area contributed by atoms with E-state index in [0.29, 0.717) is 11.6 Å². The Balaban J connectivity index is 2.45. The normalized spacial score (nSPS) is 12.1. The molecule has 1 N–H and O–H groups in total. The number of amides is 2. The first-order chi connectivity index (χ1) is 16.0. The maximum absolute atomic E-state index is 13.5. The van der Waals surface area contributed by atoms with Gasteiger partial charge in [-0.15, -0.1) is 0 Å². The molecule has 0 unspecified atom stereocenters. The number of carbonyl (C=O) groups excluding carboxylic acids is 2. The van der Waals surface area contributed by atoms with Crippen molar-refractivity contribution in [3.8, 4) is 5.75 Å². The van der Waals surface area contributed by atoms with E-state index in [0.717, 1.165) is 28.1 Å². The number of halogens is 1. The fourth-order valence-electron chi connectivity index (χ4n) is 3.44. The molecule has 0 aliphatic carbocycles. The van der Waals surface area contributed by atoms with Crippen LogP contribution in [0.4, 0.5) is 5.69 Å². The monoisotopic (exact) mass is 509 g/mol. The second-order valence-corrected chi connectivity index (χ2v) is 10.4. The predicted molar refractivity (Wildman–Crippen MR) is 135 cm³/mol. The smallest absolute Gasteiger partial charge is 0.244 e. The number of hydrogen-bond donors (Lipinski definition) is 1. The fourth-order valence-corrected chi connectivity index (χ4v) is 4.45. The Morgan fingerprint density at radius 1 is 1.18 bits per heavy atom. The number of benzene rings is 2. The lowest BCUT2D eigenvalue weighted by Crippen LogP contribution is -2.51. The Hall–Kier alpha value is -2.78. The van der Waals surface area contributed by atoms with Crippen molar-refractivity contribution in [2.45, 2.75) is 39.8 Å². The summed E-state index contributed by atoms with van der Waals surface area (Å²) < 4.78 is 31.6. The van der Waals surface area contributed by atoms with Crippen molar-refractivity contribution in [3.05, 3.63) is 58.6 Å². The van der Waals surface area contributed by atoms with E-state index in [9.17, 15) is 18.0 Å². The van der Waals surface area contributed by atoms with Crippen LogP contribution in [0.2, 0.25) is 5.02 Å². The van der Waals surface area contributed by atoms with Gasteiger partial charge in [0.05, 0.1) is 19.1 Å². The van der Waals surface area contributed by atoms with Crippen molar-refractivity contribution in [3.63, 3.8) is 0 Å². The molecule has 1 atom stereocenters. The van der Waals surface area contributed by atoms with E-state index in [4.69, 9.17) is 16.3 Å². The molecule has 0 aliphatic heterocycles. The molecule has 0 saturated heterocycles. The summed E-state index contributed by atoms with van der Waals surface area (Å²) in [6.45, 7) is 5.60. The van der Waals surface area contributed by atoms with Crippen LogP contribution in [0.5, 0.6) is 5.75 Å². The van der Waals surface area contributed by atoms with Crippen molar-refractivity contribution >= 4 is 39.1 Å². The number of carbonyl (C=O) groups is 2. The van der Waals surface area contributed by atoms with Crippen LogP contribution in [0.25, 0.3) is 0 Å². The molecule has 2 rings (SSSR count). The molecule has 10 heteroatoms. The summed E-state index contributed by atoms with van der Waals surface area (Å²) in [7, 11) is -2.49. The van der Waals surface area contributed by atoms with Gasteiger partial charge in [0.25, 0.3) is 0 Å². The van der Waals surface area contributed by atoms with Gasteiger partial charge >= 0.3 is 0 Å². The molecule has 0 heterocycles. The second kappa shape index (κ2) is 12.1. The van der Waals surface area contributed by atoms with Crippen LogP contribution in [0.1, 0.15) is 31.4 Å². The summed E-state index contributed by atoms with van der Waals surface area (Å²) in [5.41, 5.74) is 1.98. The molecule has 0 fully saturated rings. The lowest BCUT2D eigenvalue weighted by Gasteiger charge is -2.32. The molecular formula is C24H32ClN3O5S. The summed E-state index contributed by atoms with van der Waals surface area (Å²) in [5, 5.41) is 3.10. The molecule has 2 amide bonds. The standard InChI is InChI=1S/C24H32ClN3O5S/c1-6-12-26-24(30)18(3)27(15-19-9-7-8-17(2)13-19)23(29)16-28(34(5,31)32)21-14-20(25)10-11-22(21)33-4/h7-11,13-14,18H,6,12,15-16H2,1-5H3,(H,26,30)/t18-/m0/s1. The number of anilines is 1. The van der Waals surface area contributed by atoms with Crippen molar-refractivity contribution in [2.24, 2.45) is 0 Å². The molecule has 2 aromatic carbocycles. The van der Waals surface area contributed by atoms with E-state index in [-0.39, 0.29) is 23.9 Å². The van der Waals surface area contributed by atoms with E-state index in [2.05, 4.69) is 5.32 Å². The molecule has 0 aliphatic rings. The maximum atomic E-state index is 13.5. The van der Waals surface area contributed by atoms with Gasteiger partial charge in [0, 0.05) is 18.1 Å². The molecule has 8 nitrogen and oxygen atoms in total. The van der Waals surface area contributed by atoms with Gasteiger partial charge in [-0.05, 0) is 44.0 Å². The highest BCUT2D eigenvalue weighted by Gasteiger charge is 2.31. The third-order valence-corrected chi connectivity index (χ3v) is 6.60. The lowest BCUT2D eigenvalue weighted by atomic mass is 10.1. The molecule has 0 saturated carbocycles. The van der Waals surface area contributed by atoms with Gasteiger partial charge in [0.15, 0.2) is 0 Å². The fraction of sp³-hybridized carbons (Fsp3) is 0.417. The number of ether oxygens (including phenoxy) is 1. The SMILES string of the molecule is CCCNC(=O)[C@H](C)N(Cc1cccc(C)c1)C(=O)CN(c1cc(Cl)ccc1OC)S(C)(=O)=O. The number of nitrogens with zero attached hydrogens (tertiary/aromatic N) is 2. The van der Waals surface area contributed by atoms with Crippen LogP contribution in [0.3, 0.4) is 0 Å².